The van der Waals surface area contributed by atoms with E-state index in [4.69, 9.17) is 20.8 Å². The Labute approximate surface area is 163 Å². The van der Waals surface area contributed by atoms with Crippen molar-refractivity contribution in [3.63, 3.8) is 0 Å². The molecule has 6 heteroatoms. The molecule has 5 nitrogen and oxygen atoms in total. The lowest BCUT2D eigenvalue weighted by molar-refractivity contribution is -0.124. The van der Waals surface area contributed by atoms with E-state index in [0.29, 0.717) is 22.3 Å². The predicted molar refractivity (Wildman–Crippen MR) is 104 cm³/mol. The molecule has 144 valence electrons. The number of carbonyl (C=O) groups excluding carboxylic acids is 1. The number of halogens is 1. The van der Waals surface area contributed by atoms with Crippen LogP contribution in [0.15, 0.2) is 27.4 Å². The maximum Gasteiger partial charge on any atom is 0.336 e. The van der Waals surface area contributed by atoms with Gasteiger partial charge in [0.25, 0.3) is 5.91 Å². The van der Waals surface area contributed by atoms with Gasteiger partial charge in [0, 0.05) is 23.6 Å². The average molecular weight is 390 g/mol. The van der Waals surface area contributed by atoms with Crippen LogP contribution >= 0.6 is 11.6 Å². The molecule has 1 aromatic heterocycles. The monoisotopic (exact) mass is 389 g/mol. The standard InChI is InChI=1S/C21H24ClNO4/c1-11-5-21(25)27-18-9-19(17(22)8-15(11)18)26-10-20(24)23-12(2)16-7-13-3-4-14(16)6-13/h5,8-9,12-14,16H,3-4,6-7,10H2,1-2H3,(H,23,24). The summed E-state index contributed by atoms with van der Waals surface area (Å²) >= 11 is 6.27. The number of hydrogen-bond acceptors (Lipinski definition) is 4. The van der Waals surface area contributed by atoms with Crippen LogP contribution in [0.25, 0.3) is 11.0 Å². The molecule has 1 heterocycles. The topological polar surface area (TPSA) is 68.5 Å². The van der Waals surface area contributed by atoms with Gasteiger partial charge in [-0.05, 0) is 62.5 Å². The maximum atomic E-state index is 12.3. The molecule has 0 saturated heterocycles. The molecule has 27 heavy (non-hydrogen) atoms. The highest BCUT2D eigenvalue weighted by Gasteiger charge is 2.42. The summed E-state index contributed by atoms with van der Waals surface area (Å²) in [6.07, 6.45) is 5.19. The third-order valence-electron chi connectivity index (χ3n) is 6.19. The molecule has 2 aliphatic rings. The van der Waals surface area contributed by atoms with E-state index in [0.717, 1.165) is 22.8 Å². The van der Waals surface area contributed by atoms with Crippen LogP contribution in [0.4, 0.5) is 0 Å². The summed E-state index contributed by atoms with van der Waals surface area (Å²) in [5, 5.41) is 4.21. The number of amides is 1. The molecule has 2 bridgehead atoms. The highest BCUT2D eigenvalue weighted by Crippen LogP contribution is 2.49. The highest BCUT2D eigenvalue weighted by molar-refractivity contribution is 6.32. The van der Waals surface area contributed by atoms with Crippen LogP contribution in [0, 0.1) is 24.7 Å². The van der Waals surface area contributed by atoms with Crippen LogP contribution in [0.1, 0.15) is 38.2 Å². The molecule has 2 fully saturated rings. The van der Waals surface area contributed by atoms with Crippen molar-refractivity contribution in [1.82, 2.24) is 5.32 Å². The molecule has 0 spiro atoms. The smallest absolute Gasteiger partial charge is 0.336 e. The zero-order valence-electron chi connectivity index (χ0n) is 15.6. The first-order chi connectivity index (χ1) is 12.9. The average Bonchev–Trinajstić information content (AvgIpc) is 3.24. The lowest BCUT2D eigenvalue weighted by Crippen LogP contribution is -2.42. The molecule has 1 amide bonds. The van der Waals surface area contributed by atoms with Crippen LogP contribution in [-0.2, 0) is 4.79 Å². The number of fused-ring (bicyclic) bond motifs is 3. The first kappa shape index (κ1) is 18.4. The van der Waals surface area contributed by atoms with E-state index in [1.807, 2.05) is 6.92 Å². The molecule has 0 aliphatic heterocycles. The molecule has 1 aromatic carbocycles. The molecular weight excluding hydrogens is 366 g/mol. The van der Waals surface area contributed by atoms with Gasteiger partial charge in [-0.3, -0.25) is 4.79 Å². The molecule has 4 rings (SSSR count). The van der Waals surface area contributed by atoms with Crippen LogP contribution in [0.5, 0.6) is 5.75 Å². The minimum atomic E-state index is -0.425. The van der Waals surface area contributed by atoms with Gasteiger partial charge in [0.1, 0.15) is 11.3 Å². The third-order valence-corrected chi connectivity index (χ3v) is 6.48. The van der Waals surface area contributed by atoms with Gasteiger partial charge in [-0.25, -0.2) is 4.79 Å². The minimum Gasteiger partial charge on any atom is -0.482 e. The Balaban J connectivity index is 1.40. The normalized spacial score (nSPS) is 24.9. The zero-order valence-corrected chi connectivity index (χ0v) is 16.3. The van der Waals surface area contributed by atoms with Gasteiger partial charge in [-0.15, -0.1) is 0 Å². The van der Waals surface area contributed by atoms with E-state index in [9.17, 15) is 9.59 Å². The van der Waals surface area contributed by atoms with Crippen molar-refractivity contribution in [2.45, 2.75) is 45.6 Å². The Morgan fingerprint density at radius 2 is 2.15 bits per heavy atom. The van der Waals surface area contributed by atoms with Gasteiger partial charge >= 0.3 is 5.63 Å². The molecular formula is C21H24ClNO4. The Morgan fingerprint density at radius 1 is 1.33 bits per heavy atom. The van der Waals surface area contributed by atoms with Crippen molar-refractivity contribution in [3.8, 4) is 5.75 Å². The highest BCUT2D eigenvalue weighted by atomic mass is 35.5. The van der Waals surface area contributed by atoms with Crippen LogP contribution in [0.2, 0.25) is 5.02 Å². The fraction of sp³-hybridized carbons (Fsp3) is 0.524. The number of aryl methyl sites for hydroxylation is 1. The summed E-state index contributed by atoms with van der Waals surface area (Å²) in [4.78, 5) is 23.9. The molecule has 4 unspecified atom stereocenters. The summed E-state index contributed by atoms with van der Waals surface area (Å²) < 4.78 is 10.8. The Bertz CT molecular complexity index is 938. The van der Waals surface area contributed by atoms with Gasteiger partial charge < -0.3 is 14.5 Å². The second-order valence-corrected chi connectivity index (χ2v) is 8.42. The predicted octanol–water partition coefficient (Wildman–Crippen LogP) is 4.07. The molecule has 1 N–H and O–H groups in total. The number of hydrogen-bond donors (Lipinski definition) is 1. The number of benzene rings is 1. The van der Waals surface area contributed by atoms with E-state index in [1.165, 1.54) is 31.7 Å². The lowest BCUT2D eigenvalue weighted by atomic mass is 9.84. The minimum absolute atomic E-state index is 0.119. The van der Waals surface area contributed by atoms with E-state index < -0.39 is 5.63 Å². The van der Waals surface area contributed by atoms with Crippen molar-refractivity contribution in [2.75, 3.05) is 6.61 Å². The molecule has 2 aromatic rings. The summed E-state index contributed by atoms with van der Waals surface area (Å²) in [5.74, 6) is 2.36. The van der Waals surface area contributed by atoms with E-state index >= 15 is 0 Å². The Hall–Kier alpha value is -2.01. The lowest BCUT2D eigenvalue weighted by Gasteiger charge is -2.28. The Morgan fingerprint density at radius 3 is 2.85 bits per heavy atom. The second kappa shape index (κ2) is 7.19. The maximum absolute atomic E-state index is 12.3. The summed E-state index contributed by atoms with van der Waals surface area (Å²) in [5.41, 5.74) is 0.757. The van der Waals surface area contributed by atoms with Gasteiger partial charge in [0.2, 0.25) is 0 Å². The molecule has 0 radical (unpaired) electrons. The summed E-state index contributed by atoms with van der Waals surface area (Å²) in [6.45, 7) is 3.79. The van der Waals surface area contributed by atoms with E-state index in [-0.39, 0.29) is 18.6 Å². The van der Waals surface area contributed by atoms with Crippen LogP contribution in [0.3, 0.4) is 0 Å². The van der Waals surface area contributed by atoms with E-state index in [2.05, 4.69) is 12.2 Å². The quantitative estimate of drug-likeness (QED) is 0.782. The van der Waals surface area contributed by atoms with Crippen molar-refractivity contribution in [1.29, 1.82) is 0 Å². The first-order valence-electron chi connectivity index (χ1n) is 9.57. The SMILES string of the molecule is Cc1cc(=O)oc2cc(OCC(=O)NC(C)C3CC4CCC3C4)c(Cl)cc12. The summed E-state index contributed by atoms with van der Waals surface area (Å²) in [7, 11) is 0. The molecule has 2 saturated carbocycles. The van der Waals surface area contributed by atoms with Crippen molar-refractivity contribution in [3.05, 3.63) is 39.2 Å². The number of ether oxygens (including phenoxy) is 1. The van der Waals surface area contributed by atoms with Gasteiger partial charge in [0.05, 0.1) is 5.02 Å². The van der Waals surface area contributed by atoms with Gasteiger partial charge in [-0.2, -0.15) is 0 Å². The number of rotatable bonds is 5. The van der Waals surface area contributed by atoms with Gasteiger partial charge in [0.15, 0.2) is 6.61 Å². The van der Waals surface area contributed by atoms with Gasteiger partial charge in [-0.1, -0.05) is 18.0 Å². The van der Waals surface area contributed by atoms with Crippen LogP contribution in [-0.4, -0.2) is 18.6 Å². The summed E-state index contributed by atoms with van der Waals surface area (Å²) in [6, 6.07) is 4.84. The largest absolute Gasteiger partial charge is 0.482 e. The Kier molecular flexibility index (Phi) is 4.89. The second-order valence-electron chi connectivity index (χ2n) is 8.01. The zero-order chi connectivity index (χ0) is 19.1. The third kappa shape index (κ3) is 3.70. The first-order valence-corrected chi connectivity index (χ1v) is 9.94. The van der Waals surface area contributed by atoms with Crippen molar-refractivity contribution >= 4 is 28.5 Å². The fourth-order valence-electron chi connectivity index (χ4n) is 4.88. The number of carbonyl (C=O) groups is 1. The van der Waals surface area contributed by atoms with Crippen molar-refractivity contribution < 1.29 is 13.9 Å². The molecule has 4 atom stereocenters. The van der Waals surface area contributed by atoms with E-state index in [1.54, 1.807) is 12.1 Å². The van der Waals surface area contributed by atoms with Crippen LogP contribution < -0.4 is 15.7 Å². The number of nitrogens with one attached hydrogen (secondary N) is 1. The molecule has 2 aliphatic carbocycles. The fourth-order valence-corrected chi connectivity index (χ4v) is 5.10. The van der Waals surface area contributed by atoms with Crippen molar-refractivity contribution in [2.24, 2.45) is 17.8 Å².